The molecule has 0 N–H and O–H groups in total. The molecule has 0 atom stereocenters. The van der Waals surface area contributed by atoms with Crippen molar-refractivity contribution in [1.82, 2.24) is 9.88 Å². The molecule has 5 heteroatoms. The highest BCUT2D eigenvalue weighted by molar-refractivity contribution is 5.48. The normalized spacial score (nSPS) is 16.5. The van der Waals surface area contributed by atoms with Crippen molar-refractivity contribution in [1.29, 1.82) is 0 Å². The van der Waals surface area contributed by atoms with E-state index in [4.69, 9.17) is 9.47 Å². The van der Waals surface area contributed by atoms with Crippen molar-refractivity contribution in [2.75, 3.05) is 31.8 Å². The minimum Gasteiger partial charge on any atom is -0.454 e. The fraction of sp³-hybridized carbons (Fsp3) is 0.450. The van der Waals surface area contributed by atoms with E-state index < -0.39 is 0 Å². The number of piperidine rings is 1. The molecule has 5 nitrogen and oxygen atoms in total. The molecule has 2 aliphatic rings. The van der Waals surface area contributed by atoms with Crippen molar-refractivity contribution in [2.45, 2.75) is 32.4 Å². The fourth-order valence-electron chi connectivity index (χ4n) is 3.59. The van der Waals surface area contributed by atoms with E-state index in [2.05, 4.69) is 40.0 Å². The van der Waals surface area contributed by atoms with Crippen molar-refractivity contribution in [3.63, 3.8) is 0 Å². The molecule has 25 heavy (non-hydrogen) atoms. The first kappa shape index (κ1) is 16.2. The Morgan fingerprint density at radius 1 is 1.04 bits per heavy atom. The van der Waals surface area contributed by atoms with Crippen LogP contribution in [-0.4, -0.2) is 36.8 Å². The predicted molar refractivity (Wildman–Crippen MR) is 98.0 cm³/mol. The Bertz CT molecular complexity index is 711. The van der Waals surface area contributed by atoms with Crippen LogP contribution < -0.4 is 14.4 Å². The van der Waals surface area contributed by atoms with Gasteiger partial charge in [-0.15, -0.1) is 0 Å². The Hall–Kier alpha value is -2.27. The maximum Gasteiger partial charge on any atom is 0.231 e. The Morgan fingerprint density at radius 2 is 1.92 bits per heavy atom. The lowest BCUT2D eigenvalue weighted by molar-refractivity contribution is 0.172. The van der Waals surface area contributed by atoms with Crippen LogP contribution >= 0.6 is 0 Å². The molecular weight excluding hydrogens is 314 g/mol. The number of pyridine rings is 1. The van der Waals surface area contributed by atoms with E-state index in [0.717, 1.165) is 49.1 Å². The second-order valence-electron chi connectivity index (χ2n) is 6.90. The van der Waals surface area contributed by atoms with E-state index in [0.29, 0.717) is 6.79 Å². The number of hydrogen-bond acceptors (Lipinski definition) is 5. The fourth-order valence-corrected chi connectivity index (χ4v) is 3.59. The third kappa shape index (κ3) is 3.71. The number of fused-ring (bicyclic) bond motifs is 1. The average Bonchev–Trinajstić information content (AvgIpc) is 3.13. The molecule has 0 radical (unpaired) electrons. The Balaban J connectivity index is 1.38. The summed E-state index contributed by atoms with van der Waals surface area (Å²) in [6.45, 7) is 4.26. The number of para-hydroxylation sites is 1. The van der Waals surface area contributed by atoms with Gasteiger partial charge in [-0.3, -0.25) is 4.90 Å². The highest BCUT2D eigenvalue weighted by atomic mass is 16.7. The van der Waals surface area contributed by atoms with Gasteiger partial charge in [-0.25, -0.2) is 4.98 Å². The first-order chi connectivity index (χ1) is 12.3. The number of hydrogen-bond donors (Lipinski definition) is 0. The molecule has 0 bridgehead atoms. The van der Waals surface area contributed by atoms with Crippen LogP contribution in [0.5, 0.6) is 11.5 Å². The molecule has 0 saturated carbocycles. The summed E-state index contributed by atoms with van der Waals surface area (Å²) in [7, 11) is 2.12. The van der Waals surface area contributed by atoms with Gasteiger partial charge < -0.3 is 14.4 Å². The summed E-state index contributed by atoms with van der Waals surface area (Å²) in [6.07, 6.45) is 5.91. The van der Waals surface area contributed by atoms with Crippen LogP contribution in [0, 0.1) is 0 Å². The highest BCUT2D eigenvalue weighted by Crippen LogP contribution is 2.35. The summed E-state index contributed by atoms with van der Waals surface area (Å²) >= 11 is 0. The third-order valence-corrected chi connectivity index (χ3v) is 4.86. The monoisotopic (exact) mass is 339 g/mol. The maximum absolute atomic E-state index is 5.60. The molecule has 0 unspecified atom stereocenters. The number of ether oxygens (including phenoxy) is 2. The van der Waals surface area contributed by atoms with Gasteiger partial charge in [0.2, 0.25) is 6.79 Å². The molecular formula is C20H25N3O2. The van der Waals surface area contributed by atoms with Gasteiger partial charge in [-0.05, 0) is 44.0 Å². The van der Waals surface area contributed by atoms with Crippen LogP contribution in [0.1, 0.15) is 30.4 Å². The maximum atomic E-state index is 5.60. The van der Waals surface area contributed by atoms with Crippen LogP contribution in [0.3, 0.4) is 0 Å². The zero-order valence-electron chi connectivity index (χ0n) is 14.8. The van der Waals surface area contributed by atoms with Gasteiger partial charge in [0.15, 0.2) is 11.5 Å². The molecule has 0 aliphatic carbocycles. The number of nitrogens with zero attached hydrogens (tertiary/aromatic N) is 3. The summed E-state index contributed by atoms with van der Waals surface area (Å²) in [4.78, 5) is 9.34. The van der Waals surface area contributed by atoms with Crippen LogP contribution in [0.15, 0.2) is 36.5 Å². The van der Waals surface area contributed by atoms with Crippen LogP contribution in [0.25, 0.3) is 0 Å². The first-order valence-corrected chi connectivity index (χ1v) is 9.05. The number of rotatable bonds is 5. The minimum atomic E-state index is 0.317. The van der Waals surface area contributed by atoms with Crippen LogP contribution in [0.2, 0.25) is 0 Å². The van der Waals surface area contributed by atoms with E-state index in [1.54, 1.807) is 0 Å². The molecule has 132 valence electrons. The van der Waals surface area contributed by atoms with Crippen molar-refractivity contribution < 1.29 is 9.47 Å². The SMILES string of the molecule is CN(Cc1ccc(N2CCCCC2)nc1)Cc1cccc2c1OCO2. The summed E-state index contributed by atoms with van der Waals surface area (Å²) in [6, 6.07) is 10.4. The lowest BCUT2D eigenvalue weighted by Crippen LogP contribution is -2.30. The zero-order valence-corrected chi connectivity index (χ0v) is 14.8. The smallest absolute Gasteiger partial charge is 0.231 e. The molecule has 2 aromatic rings. The number of aromatic nitrogens is 1. The summed E-state index contributed by atoms with van der Waals surface area (Å²) in [5, 5.41) is 0. The van der Waals surface area contributed by atoms with Crippen molar-refractivity contribution in [3.8, 4) is 11.5 Å². The van der Waals surface area contributed by atoms with Crippen molar-refractivity contribution >= 4 is 5.82 Å². The number of anilines is 1. The zero-order chi connectivity index (χ0) is 17.1. The molecule has 1 aromatic heterocycles. The molecule has 2 aliphatic heterocycles. The Morgan fingerprint density at radius 3 is 2.72 bits per heavy atom. The second-order valence-corrected chi connectivity index (χ2v) is 6.90. The summed E-state index contributed by atoms with van der Waals surface area (Å²) < 4.78 is 11.1. The Labute approximate surface area is 149 Å². The predicted octanol–water partition coefficient (Wildman–Crippen LogP) is 3.43. The minimum absolute atomic E-state index is 0.317. The highest BCUT2D eigenvalue weighted by Gasteiger charge is 2.18. The quantitative estimate of drug-likeness (QED) is 0.834. The van der Waals surface area contributed by atoms with Crippen molar-refractivity contribution in [3.05, 3.63) is 47.7 Å². The molecule has 1 fully saturated rings. The second kappa shape index (κ2) is 7.31. The van der Waals surface area contributed by atoms with E-state index in [9.17, 15) is 0 Å². The molecule has 0 amide bonds. The van der Waals surface area contributed by atoms with E-state index >= 15 is 0 Å². The first-order valence-electron chi connectivity index (χ1n) is 9.05. The number of benzene rings is 1. The molecule has 3 heterocycles. The van der Waals surface area contributed by atoms with Gasteiger partial charge in [-0.2, -0.15) is 0 Å². The van der Waals surface area contributed by atoms with Gasteiger partial charge in [0.1, 0.15) is 5.82 Å². The van der Waals surface area contributed by atoms with Gasteiger partial charge in [-0.1, -0.05) is 18.2 Å². The summed E-state index contributed by atoms with van der Waals surface area (Å²) in [5.41, 5.74) is 2.39. The lowest BCUT2D eigenvalue weighted by atomic mass is 10.1. The van der Waals surface area contributed by atoms with E-state index in [1.807, 2.05) is 18.3 Å². The van der Waals surface area contributed by atoms with Crippen molar-refractivity contribution in [2.24, 2.45) is 0 Å². The van der Waals surface area contributed by atoms with Gasteiger partial charge in [0.25, 0.3) is 0 Å². The third-order valence-electron chi connectivity index (χ3n) is 4.86. The van der Waals surface area contributed by atoms with Gasteiger partial charge >= 0.3 is 0 Å². The Kier molecular flexibility index (Phi) is 4.74. The summed E-state index contributed by atoms with van der Waals surface area (Å²) in [5.74, 6) is 2.84. The van der Waals surface area contributed by atoms with E-state index in [-0.39, 0.29) is 0 Å². The molecule has 4 rings (SSSR count). The average molecular weight is 339 g/mol. The molecule has 1 saturated heterocycles. The topological polar surface area (TPSA) is 37.8 Å². The van der Waals surface area contributed by atoms with Crippen LogP contribution in [-0.2, 0) is 13.1 Å². The van der Waals surface area contributed by atoms with Gasteiger partial charge in [0.05, 0.1) is 0 Å². The lowest BCUT2D eigenvalue weighted by Gasteiger charge is -2.27. The van der Waals surface area contributed by atoms with Gasteiger partial charge in [0, 0.05) is 37.9 Å². The van der Waals surface area contributed by atoms with Crippen LogP contribution in [0.4, 0.5) is 5.82 Å². The molecule has 0 spiro atoms. The largest absolute Gasteiger partial charge is 0.454 e. The standard InChI is InChI=1S/C20H25N3O2/c1-22(14-17-6-5-7-18-20(17)25-15-24-18)13-16-8-9-19(21-12-16)23-10-3-2-4-11-23/h5-9,12H,2-4,10-11,13-15H2,1H3. The van der Waals surface area contributed by atoms with E-state index in [1.165, 1.54) is 24.8 Å². The molecule has 1 aromatic carbocycles.